The van der Waals surface area contributed by atoms with Crippen molar-refractivity contribution in [3.63, 3.8) is 0 Å². The molecule has 4 aromatic carbocycles. The van der Waals surface area contributed by atoms with E-state index in [1.54, 1.807) is 6.08 Å². The van der Waals surface area contributed by atoms with Crippen LogP contribution in [0.3, 0.4) is 0 Å². The maximum absolute atomic E-state index is 12.6. The number of hydrogen-bond donors (Lipinski definition) is 0. The number of ketones is 2. The molecule has 0 aliphatic heterocycles. The molecule has 0 unspecified atom stereocenters. The molecule has 0 heterocycles. The highest BCUT2D eigenvalue weighted by molar-refractivity contribution is 6.52. The van der Waals surface area contributed by atoms with Crippen LogP contribution in [0.2, 0.25) is 0 Å². The fraction of sp³-hybridized carbons (Fsp3) is 0. The monoisotopic (exact) mass is 308 g/mol. The molecule has 24 heavy (non-hydrogen) atoms. The van der Waals surface area contributed by atoms with Crippen LogP contribution in [-0.4, -0.2) is 11.6 Å². The second-order valence-corrected chi connectivity index (χ2v) is 6.10. The lowest BCUT2D eigenvalue weighted by Crippen LogP contribution is -2.16. The van der Waals surface area contributed by atoms with Gasteiger partial charge in [-0.25, -0.2) is 0 Å². The van der Waals surface area contributed by atoms with Crippen LogP contribution in [0.1, 0.15) is 15.9 Å². The van der Waals surface area contributed by atoms with Crippen molar-refractivity contribution in [2.24, 2.45) is 0 Å². The van der Waals surface area contributed by atoms with Crippen molar-refractivity contribution >= 4 is 50.0 Å². The standard InChI is InChI=1S/C22H12O2/c23-18-12-11-16-10-9-15-8-7-14-6-5-13-3-1-2-4-17(13)19(14)20(15)21(16)22(18)24/h1-12H. The van der Waals surface area contributed by atoms with Gasteiger partial charge < -0.3 is 0 Å². The molecular formula is C22H12O2. The lowest BCUT2D eigenvalue weighted by Gasteiger charge is -2.15. The molecule has 0 aromatic heterocycles. The normalized spacial score (nSPS) is 13.8. The van der Waals surface area contributed by atoms with Crippen LogP contribution in [0.5, 0.6) is 0 Å². The molecule has 1 aliphatic rings. The van der Waals surface area contributed by atoms with Gasteiger partial charge in [-0.15, -0.1) is 0 Å². The van der Waals surface area contributed by atoms with Crippen LogP contribution in [-0.2, 0) is 4.79 Å². The van der Waals surface area contributed by atoms with Gasteiger partial charge in [-0.05, 0) is 38.6 Å². The molecule has 0 saturated carbocycles. The zero-order chi connectivity index (χ0) is 16.3. The summed E-state index contributed by atoms with van der Waals surface area (Å²) in [4.78, 5) is 24.6. The molecule has 0 fully saturated rings. The van der Waals surface area contributed by atoms with Crippen LogP contribution >= 0.6 is 0 Å². The van der Waals surface area contributed by atoms with Crippen molar-refractivity contribution in [2.75, 3.05) is 0 Å². The highest BCUT2D eigenvalue weighted by Crippen LogP contribution is 2.36. The summed E-state index contributed by atoms with van der Waals surface area (Å²) in [6.45, 7) is 0. The molecule has 5 rings (SSSR count). The number of allylic oxidation sites excluding steroid dienone is 1. The highest BCUT2D eigenvalue weighted by Gasteiger charge is 2.24. The van der Waals surface area contributed by atoms with Crippen LogP contribution in [0.4, 0.5) is 0 Å². The van der Waals surface area contributed by atoms with Crippen molar-refractivity contribution in [1.82, 2.24) is 0 Å². The molecule has 0 saturated heterocycles. The lowest BCUT2D eigenvalue weighted by atomic mass is 9.86. The summed E-state index contributed by atoms with van der Waals surface area (Å²) in [5, 5.41) is 6.20. The second-order valence-electron chi connectivity index (χ2n) is 6.10. The number of carbonyl (C=O) groups excluding carboxylic acids is 2. The molecule has 0 radical (unpaired) electrons. The van der Waals surface area contributed by atoms with Crippen LogP contribution in [0.15, 0.2) is 66.7 Å². The minimum Gasteiger partial charge on any atom is -0.286 e. The van der Waals surface area contributed by atoms with Gasteiger partial charge in [0.15, 0.2) is 0 Å². The first-order chi connectivity index (χ1) is 11.7. The van der Waals surface area contributed by atoms with Gasteiger partial charge in [-0.3, -0.25) is 9.59 Å². The first kappa shape index (κ1) is 13.2. The number of carbonyl (C=O) groups is 2. The minimum atomic E-state index is -0.452. The number of Topliss-reactive ketones (excluding diaryl/α,β-unsaturated/α-hetero) is 1. The van der Waals surface area contributed by atoms with Gasteiger partial charge in [0, 0.05) is 10.9 Å². The third kappa shape index (κ3) is 1.65. The summed E-state index contributed by atoms with van der Waals surface area (Å²) in [5.41, 5.74) is 1.34. The Hall–Kier alpha value is -3.26. The van der Waals surface area contributed by atoms with Gasteiger partial charge in [-0.1, -0.05) is 66.7 Å². The first-order valence-electron chi connectivity index (χ1n) is 7.88. The summed E-state index contributed by atoms with van der Waals surface area (Å²) in [6, 6.07) is 20.3. The second kappa shape index (κ2) is 4.62. The summed E-state index contributed by atoms with van der Waals surface area (Å²) in [7, 11) is 0. The molecule has 2 nitrogen and oxygen atoms in total. The fourth-order valence-electron chi connectivity index (χ4n) is 3.68. The van der Waals surface area contributed by atoms with Crippen molar-refractivity contribution in [2.45, 2.75) is 0 Å². The predicted molar refractivity (Wildman–Crippen MR) is 97.3 cm³/mol. The third-order valence-electron chi connectivity index (χ3n) is 4.79. The van der Waals surface area contributed by atoms with Gasteiger partial charge in [0.2, 0.25) is 11.6 Å². The van der Waals surface area contributed by atoms with Gasteiger partial charge in [-0.2, -0.15) is 0 Å². The van der Waals surface area contributed by atoms with Crippen LogP contribution in [0, 0.1) is 0 Å². The van der Waals surface area contributed by atoms with Crippen molar-refractivity contribution in [3.05, 3.63) is 77.9 Å². The Balaban J connectivity index is 2.12. The van der Waals surface area contributed by atoms with Crippen LogP contribution < -0.4 is 0 Å². The number of hydrogen-bond acceptors (Lipinski definition) is 2. The first-order valence-corrected chi connectivity index (χ1v) is 7.88. The van der Waals surface area contributed by atoms with Crippen molar-refractivity contribution in [3.8, 4) is 0 Å². The fourth-order valence-corrected chi connectivity index (χ4v) is 3.68. The number of rotatable bonds is 0. The summed E-state index contributed by atoms with van der Waals surface area (Å²) in [5.74, 6) is -0.870. The molecular weight excluding hydrogens is 296 g/mol. The van der Waals surface area contributed by atoms with E-state index in [-0.39, 0.29) is 0 Å². The average molecular weight is 308 g/mol. The van der Waals surface area contributed by atoms with E-state index in [0.29, 0.717) is 5.56 Å². The smallest absolute Gasteiger partial charge is 0.234 e. The lowest BCUT2D eigenvalue weighted by molar-refractivity contribution is -0.110. The molecule has 0 amide bonds. The maximum Gasteiger partial charge on any atom is 0.234 e. The number of benzene rings is 4. The zero-order valence-electron chi connectivity index (χ0n) is 12.7. The average Bonchev–Trinajstić information content (AvgIpc) is 2.63. The van der Waals surface area contributed by atoms with E-state index in [1.807, 2.05) is 30.3 Å². The summed E-state index contributed by atoms with van der Waals surface area (Å²) < 4.78 is 0. The SMILES string of the molecule is O=C1C=Cc2ccc3ccc4ccc5ccccc5c4c3c2C1=O. The molecule has 0 N–H and O–H groups in total. The van der Waals surface area contributed by atoms with E-state index >= 15 is 0 Å². The maximum atomic E-state index is 12.6. The van der Waals surface area contributed by atoms with Gasteiger partial charge in [0.1, 0.15) is 0 Å². The summed E-state index contributed by atoms with van der Waals surface area (Å²) >= 11 is 0. The summed E-state index contributed by atoms with van der Waals surface area (Å²) in [6.07, 6.45) is 3.10. The van der Waals surface area contributed by atoms with Gasteiger partial charge in [0.05, 0.1) is 0 Å². The topological polar surface area (TPSA) is 34.1 Å². The van der Waals surface area contributed by atoms with Crippen LogP contribution in [0.25, 0.3) is 38.4 Å². The van der Waals surface area contributed by atoms with E-state index in [4.69, 9.17) is 0 Å². The Bertz CT molecular complexity index is 1220. The Morgan fingerprint density at radius 1 is 0.583 bits per heavy atom. The van der Waals surface area contributed by atoms with E-state index in [0.717, 1.165) is 37.9 Å². The Morgan fingerprint density at radius 3 is 2.08 bits per heavy atom. The Labute approximate surface area is 138 Å². The third-order valence-corrected chi connectivity index (χ3v) is 4.79. The molecule has 0 spiro atoms. The number of fused-ring (bicyclic) bond motifs is 7. The molecule has 2 heteroatoms. The van der Waals surface area contributed by atoms with Crippen molar-refractivity contribution < 1.29 is 9.59 Å². The van der Waals surface area contributed by atoms with E-state index in [1.165, 1.54) is 6.08 Å². The molecule has 1 aliphatic carbocycles. The van der Waals surface area contributed by atoms with Gasteiger partial charge in [0.25, 0.3) is 0 Å². The largest absolute Gasteiger partial charge is 0.286 e. The Kier molecular flexibility index (Phi) is 2.54. The molecule has 0 bridgehead atoms. The van der Waals surface area contributed by atoms with E-state index < -0.39 is 11.6 Å². The zero-order valence-corrected chi connectivity index (χ0v) is 12.7. The minimum absolute atomic E-state index is 0.418. The van der Waals surface area contributed by atoms with Crippen molar-refractivity contribution in [1.29, 1.82) is 0 Å². The quantitative estimate of drug-likeness (QED) is 0.341. The molecule has 4 aromatic rings. The Morgan fingerprint density at radius 2 is 1.25 bits per heavy atom. The highest BCUT2D eigenvalue weighted by atomic mass is 16.2. The van der Waals surface area contributed by atoms with E-state index in [2.05, 4.69) is 30.3 Å². The van der Waals surface area contributed by atoms with Gasteiger partial charge >= 0.3 is 0 Å². The predicted octanol–water partition coefficient (Wildman–Crippen LogP) is 4.92. The molecule has 0 atom stereocenters. The molecule has 112 valence electrons. The van der Waals surface area contributed by atoms with E-state index in [9.17, 15) is 9.59 Å².